The van der Waals surface area contributed by atoms with Gasteiger partial charge in [-0.2, -0.15) is 0 Å². The van der Waals surface area contributed by atoms with Crippen LogP contribution in [0.5, 0.6) is 0 Å². The second-order valence-electron chi connectivity index (χ2n) is 9.46. The highest BCUT2D eigenvalue weighted by molar-refractivity contribution is 6.31. The first kappa shape index (κ1) is 20.1. The Labute approximate surface area is 171 Å². The summed E-state index contributed by atoms with van der Waals surface area (Å²) in [5.41, 5.74) is 0.500. The van der Waals surface area contributed by atoms with Gasteiger partial charge in [0, 0.05) is 36.1 Å². The maximum absolute atomic E-state index is 13.6. The second-order valence-corrected chi connectivity index (χ2v) is 9.87. The molecular formula is C22H30ClFN2O2. The van der Waals surface area contributed by atoms with Crippen molar-refractivity contribution in [3.8, 4) is 0 Å². The summed E-state index contributed by atoms with van der Waals surface area (Å²) >= 11 is 6.43. The molecule has 0 spiro atoms. The Bertz CT molecular complexity index is 786. The van der Waals surface area contributed by atoms with Crippen molar-refractivity contribution in [3.05, 3.63) is 34.6 Å². The molecule has 6 heteroatoms. The molecule has 2 heterocycles. The standard InChI is InChI=1S/C22H30ClFN2O2/c1-12-17-9-14(21(3,4)25-12)10-18-20(16-6-5-15(24)11-19(16)23)28-8-7-22(17,18)26-13(2)27/h5-6,11-12,14,17-18,20,25H,7-10H2,1-4H3,(H,26,27)/t12-,14-,17+,18+,20+,22+/m1/s1. The molecule has 28 heavy (non-hydrogen) atoms. The Hall–Kier alpha value is -1.17. The number of piperidine rings is 1. The van der Waals surface area contributed by atoms with Crippen molar-refractivity contribution < 1.29 is 13.9 Å². The summed E-state index contributed by atoms with van der Waals surface area (Å²) < 4.78 is 19.9. The van der Waals surface area contributed by atoms with E-state index < -0.39 is 0 Å². The lowest BCUT2D eigenvalue weighted by atomic mass is 9.52. The monoisotopic (exact) mass is 408 g/mol. The molecule has 1 aromatic carbocycles. The van der Waals surface area contributed by atoms with Crippen LogP contribution in [-0.2, 0) is 9.53 Å². The molecule has 2 aliphatic heterocycles. The van der Waals surface area contributed by atoms with Gasteiger partial charge in [0.1, 0.15) is 5.82 Å². The minimum atomic E-state index is -0.350. The molecule has 4 rings (SSSR count). The van der Waals surface area contributed by atoms with Gasteiger partial charge in [0.15, 0.2) is 0 Å². The normalized spacial score (nSPS) is 39.1. The van der Waals surface area contributed by atoms with Gasteiger partial charge in [-0.3, -0.25) is 4.79 Å². The molecule has 0 aromatic heterocycles. The van der Waals surface area contributed by atoms with E-state index in [1.807, 2.05) is 0 Å². The summed E-state index contributed by atoms with van der Waals surface area (Å²) in [5.74, 6) is 0.534. The van der Waals surface area contributed by atoms with Gasteiger partial charge in [-0.15, -0.1) is 0 Å². The molecule has 6 atom stereocenters. The Balaban J connectivity index is 1.80. The predicted octanol–water partition coefficient (Wildman–Crippen LogP) is 4.23. The average molecular weight is 409 g/mol. The fourth-order valence-corrected chi connectivity index (χ4v) is 6.57. The number of hydrogen-bond donors (Lipinski definition) is 2. The third-order valence-electron chi connectivity index (χ3n) is 7.48. The number of fused-ring (bicyclic) bond motifs is 4. The number of amides is 1. The fraction of sp³-hybridized carbons (Fsp3) is 0.682. The molecule has 1 aliphatic carbocycles. The van der Waals surface area contributed by atoms with E-state index in [1.54, 1.807) is 13.0 Å². The van der Waals surface area contributed by atoms with Gasteiger partial charge >= 0.3 is 0 Å². The average Bonchev–Trinajstić information content (AvgIpc) is 2.58. The van der Waals surface area contributed by atoms with Crippen LogP contribution in [0.2, 0.25) is 5.02 Å². The SMILES string of the molecule is CC(=O)N[C@]12CCO[C@@H](c3ccc(F)cc3Cl)[C@@H]1C[C@H]1C[C@H]2[C@@H](C)NC1(C)C. The number of rotatable bonds is 2. The van der Waals surface area contributed by atoms with E-state index in [-0.39, 0.29) is 40.9 Å². The van der Waals surface area contributed by atoms with Crippen molar-refractivity contribution in [2.45, 2.75) is 70.2 Å². The van der Waals surface area contributed by atoms with Crippen LogP contribution < -0.4 is 10.6 Å². The van der Waals surface area contributed by atoms with Crippen molar-refractivity contribution in [3.63, 3.8) is 0 Å². The zero-order chi connectivity index (χ0) is 20.3. The molecular weight excluding hydrogens is 379 g/mol. The number of nitrogens with one attached hydrogen (secondary N) is 2. The summed E-state index contributed by atoms with van der Waals surface area (Å²) in [6.45, 7) is 8.90. The molecule has 2 N–H and O–H groups in total. The maximum Gasteiger partial charge on any atom is 0.217 e. The summed E-state index contributed by atoms with van der Waals surface area (Å²) in [7, 11) is 0. The molecule has 1 aromatic rings. The predicted molar refractivity (Wildman–Crippen MR) is 108 cm³/mol. The number of halogens is 2. The second kappa shape index (κ2) is 6.96. The molecule has 1 amide bonds. The van der Waals surface area contributed by atoms with Crippen LogP contribution in [0.15, 0.2) is 18.2 Å². The molecule has 4 nitrogen and oxygen atoms in total. The van der Waals surface area contributed by atoms with E-state index in [0.29, 0.717) is 23.5 Å². The number of ether oxygens (including phenoxy) is 1. The Morgan fingerprint density at radius 1 is 1.32 bits per heavy atom. The van der Waals surface area contributed by atoms with Crippen LogP contribution in [0.4, 0.5) is 4.39 Å². The van der Waals surface area contributed by atoms with Gasteiger partial charge in [0.05, 0.1) is 11.6 Å². The minimum absolute atomic E-state index is 0.00802. The zero-order valence-corrected chi connectivity index (χ0v) is 17.8. The molecule has 0 unspecified atom stereocenters. The number of hydrogen-bond acceptors (Lipinski definition) is 3. The van der Waals surface area contributed by atoms with E-state index in [1.165, 1.54) is 12.1 Å². The van der Waals surface area contributed by atoms with Crippen LogP contribution in [-0.4, -0.2) is 29.6 Å². The fourth-order valence-electron chi connectivity index (χ4n) is 6.30. The molecule has 154 valence electrons. The van der Waals surface area contributed by atoms with Crippen LogP contribution in [0.25, 0.3) is 0 Å². The topological polar surface area (TPSA) is 50.4 Å². The van der Waals surface area contributed by atoms with Crippen molar-refractivity contribution >= 4 is 17.5 Å². The Morgan fingerprint density at radius 3 is 2.71 bits per heavy atom. The van der Waals surface area contributed by atoms with Gasteiger partial charge in [-0.25, -0.2) is 4.39 Å². The van der Waals surface area contributed by atoms with Gasteiger partial charge in [0.2, 0.25) is 5.91 Å². The lowest BCUT2D eigenvalue weighted by molar-refractivity contribution is -0.160. The van der Waals surface area contributed by atoms with Gasteiger partial charge in [-0.1, -0.05) is 17.7 Å². The smallest absolute Gasteiger partial charge is 0.217 e. The molecule has 2 saturated heterocycles. The number of benzene rings is 1. The van der Waals surface area contributed by atoms with E-state index in [9.17, 15) is 9.18 Å². The molecule has 0 radical (unpaired) electrons. The maximum atomic E-state index is 13.6. The molecule has 2 bridgehead atoms. The molecule has 3 fully saturated rings. The highest BCUT2D eigenvalue weighted by Gasteiger charge is 2.61. The largest absolute Gasteiger partial charge is 0.373 e. The van der Waals surface area contributed by atoms with Crippen LogP contribution in [0, 0.1) is 23.6 Å². The van der Waals surface area contributed by atoms with E-state index in [2.05, 4.69) is 31.4 Å². The van der Waals surface area contributed by atoms with Crippen molar-refractivity contribution in [1.29, 1.82) is 0 Å². The number of carbonyl (C=O) groups is 1. The van der Waals surface area contributed by atoms with Crippen molar-refractivity contribution in [2.75, 3.05) is 6.61 Å². The lowest BCUT2D eigenvalue weighted by Crippen LogP contribution is -2.73. The van der Waals surface area contributed by atoms with Crippen LogP contribution >= 0.6 is 11.6 Å². The minimum Gasteiger partial charge on any atom is -0.373 e. The summed E-state index contributed by atoms with van der Waals surface area (Å²) in [6.07, 6.45) is 2.56. The van der Waals surface area contributed by atoms with Crippen molar-refractivity contribution in [1.82, 2.24) is 10.6 Å². The third kappa shape index (κ3) is 3.16. The van der Waals surface area contributed by atoms with Crippen molar-refractivity contribution in [2.24, 2.45) is 17.8 Å². The highest BCUT2D eigenvalue weighted by Crippen LogP contribution is 2.57. The van der Waals surface area contributed by atoms with Crippen LogP contribution in [0.3, 0.4) is 0 Å². The Kier molecular flexibility index (Phi) is 5.00. The first-order valence-electron chi connectivity index (χ1n) is 10.3. The van der Waals surface area contributed by atoms with Gasteiger partial charge in [0.25, 0.3) is 0 Å². The number of carbonyl (C=O) groups excluding carboxylic acids is 1. The lowest BCUT2D eigenvalue weighted by Gasteiger charge is -2.63. The van der Waals surface area contributed by atoms with E-state index >= 15 is 0 Å². The highest BCUT2D eigenvalue weighted by atomic mass is 35.5. The zero-order valence-electron chi connectivity index (χ0n) is 17.0. The molecule has 1 saturated carbocycles. The summed E-state index contributed by atoms with van der Waals surface area (Å²) in [5, 5.41) is 7.55. The quantitative estimate of drug-likeness (QED) is 0.770. The summed E-state index contributed by atoms with van der Waals surface area (Å²) in [6, 6.07) is 4.82. The summed E-state index contributed by atoms with van der Waals surface area (Å²) in [4.78, 5) is 12.3. The first-order valence-corrected chi connectivity index (χ1v) is 10.6. The van der Waals surface area contributed by atoms with E-state index in [4.69, 9.17) is 16.3 Å². The molecule has 3 aliphatic rings. The van der Waals surface area contributed by atoms with E-state index in [0.717, 1.165) is 24.8 Å². The first-order chi connectivity index (χ1) is 13.1. The van der Waals surface area contributed by atoms with Crippen LogP contribution in [0.1, 0.15) is 58.6 Å². The van der Waals surface area contributed by atoms with Gasteiger partial charge < -0.3 is 15.4 Å². The third-order valence-corrected chi connectivity index (χ3v) is 7.81. The van der Waals surface area contributed by atoms with Gasteiger partial charge in [-0.05, 0) is 69.6 Å². The Morgan fingerprint density at radius 2 is 2.04 bits per heavy atom.